The molecule has 0 N–H and O–H groups in total. The van der Waals surface area contributed by atoms with Crippen LogP contribution in [0, 0.1) is 11.3 Å². The number of esters is 1. The lowest BCUT2D eigenvalue weighted by atomic mass is 9.95. The van der Waals surface area contributed by atoms with Crippen LogP contribution in [0.25, 0.3) is 6.08 Å². The summed E-state index contributed by atoms with van der Waals surface area (Å²) >= 11 is 13.8. The normalized spacial score (nSPS) is 15.3. The van der Waals surface area contributed by atoms with Gasteiger partial charge in [-0.3, -0.25) is 9.36 Å². The first-order chi connectivity index (χ1) is 16.9. The Morgan fingerprint density at radius 3 is 2.54 bits per heavy atom. The summed E-state index contributed by atoms with van der Waals surface area (Å²) in [7, 11) is 1.31. The summed E-state index contributed by atoms with van der Waals surface area (Å²) in [6.45, 7) is 1.71. The number of thiazole rings is 1. The number of allylic oxidation sites excluding steroid dienone is 1. The summed E-state index contributed by atoms with van der Waals surface area (Å²) in [5, 5.41) is 9.17. The first kappa shape index (κ1) is 24.7. The van der Waals surface area contributed by atoms with Crippen molar-refractivity contribution >= 4 is 46.6 Å². The van der Waals surface area contributed by atoms with Gasteiger partial charge in [-0.05, 0) is 35.8 Å². The molecule has 1 atom stereocenters. The zero-order valence-corrected chi connectivity index (χ0v) is 21.1. The van der Waals surface area contributed by atoms with Gasteiger partial charge in [-0.25, -0.2) is 9.79 Å². The van der Waals surface area contributed by atoms with Crippen LogP contribution >= 0.6 is 34.5 Å². The third-order valence-corrected chi connectivity index (χ3v) is 6.91. The smallest absolute Gasteiger partial charge is 0.338 e. The zero-order valence-electron chi connectivity index (χ0n) is 18.7. The Morgan fingerprint density at radius 1 is 1.26 bits per heavy atom. The van der Waals surface area contributed by atoms with Crippen molar-refractivity contribution < 1.29 is 14.3 Å². The molecule has 2 aromatic carbocycles. The number of hydrogen-bond donors (Lipinski definition) is 0. The van der Waals surface area contributed by atoms with Crippen LogP contribution in [-0.4, -0.2) is 24.3 Å². The number of nitrogens with zero attached hydrogens (tertiary/aromatic N) is 3. The van der Waals surface area contributed by atoms with E-state index in [-0.39, 0.29) is 28.0 Å². The van der Waals surface area contributed by atoms with Crippen molar-refractivity contribution in [2.75, 3.05) is 13.7 Å². The number of methoxy groups -OCH3 is 1. The van der Waals surface area contributed by atoms with E-state index in [1.807, 2.05) is 43.3 Å². The molecule has 4 rings (SSSR count). The third kappa shape index (κ3) is 4.76. The summed E-state index contributed by atoms with van der Waals surface area (Å²) in [4.78, 5) is 31.5. The standard InChI is InChI=1S/C25H19Cl2N3O4S/c1-3-18-20(24(32)33-2)21(15-7-5-4-6-8-15)30-23(31)19(35-25(30)29-18)13-14-11-16(26)22(17(27)12-14)34-10-9-28/h4-8,11-13,21H,3,10H2,1-2H3/b19-13-/t21-/m1/s1. The van der Waals surface area contributed by atoms with Crippen molar-refractivity contribution in [2.45, 2.75) is 19.4 Å². The lowest BCUT2D eigenvalue weighted by Gasteiger charge is -2.25. The quantitative estimate of drug-likeness (QED) is 0.451. The summed E-state index contributed by atoms with van der Waals surface area (Å²) in [5.41, 5.74) is 1.95. The second-order valence-electron chi connectivity index (χ2n) is 7.46. The molecule has 0 bridgehead atoms. The molecule has 1 aliphatic heterocycles. The number of ether oxygens (including phenoxy) is 2. The van der Waals surface area contributed by atoms with Crippen molar-refractivity contribution in [3.05, 3.63) is 94.6 Å². The molecule has 2 heterocycles. The van der Waals surface area contributed by atoms with Gasteiger partial charge in [-0.1, -0.05) is 71.8 Å². The van der Waals surface area contributed by atoms with Gasteiger partial charge in [0.2, 0.25) is 0 Å². The first-order valence-corrected chi connectivity index (χ1v) is 12.1. The molecule has 0 radical (unpaired) electrons. The maximum absolute atomic E-state index is 13.6. The van der Waals surface area contributed by atoms with E-state index in [2.05, 4.69) is 4.99 Å². The number of carbonyl (C=O) groups is 1. The average Bonchev–Trinajstić information content (AvgIpc) is 3.16. The Kier molecular flexibility index (Phi) is 7.41. The Bertz CT molecular complexity index is 1530. The molecule has 0 fully saturated rings. The van der Waals surface area contributed by atoms with Crippen LogP contribution < -0.4 is 19.6 Å². The van der Waals surface area contributed by atoms with Crippen LogP contribution in [0.3, 0.4) is 0 Å². The average molecular weight is 528 g/mol. The van der Waals surface area contributed by atoms with Crippen LogP contribution in [0.1, 0.15) is 30.5 Å². The fourth-order valence-electron chi connectivity index (χ4n) is 3.87. The van der Waals surface area contributed by atoms with E-state index in [1.54, 1.807) is 18.2 Å². The van der Waals surface area contributed by atoms with Gasteiger partial charge < -0.3 is 9.47 Å². The fraction of sp³-hybridized carbons (Fsp3) is 0.200. The molecule has 0 spiro atoms. The molecule has 3 aromatic rings. The van der Waals surface area contributed by atoms with Gasteiger partial charge in [0.25, 0.3) is 5.56 Å². The zero-order chi connectivity index (χ0) is 25.1. The molecule has 35 heavy (non-hydrogen) atoms. The molecular weight excluding hydrogens is 509 g/mol. The highest BCUT2D eigenvalue weighted by molar-refractivity contribution is 7.07. The summed E-state index contributed by atoms with van der Waals surface area (Å²) in [6.07, 6.45) is 2.15. The lowest BCUT2D eigenvalue weighted by Crippen LogP contribution is -2.40. The minimum Gasteiger partial charge on any atom is -0.476 e. The van der Waals surface area contributed by atoms with E-state index in [4.69, 9.17) is 37.9 Å². The second kappa shape index (κ2) is 10.5. The number of nitriles is 1. The highest BCUT2D eigenvalue weighted by Gasteiger charge is 2.33. The Hall–Kier alpha value is -3.38. The number of halogens is 2. The van der Waals surface area contributed by atoms with Crippen molar-refractivity contribution in [1.29, 1.82) is 5.26 Å². The summed E-state index contributed by atoms with van der Waals surface area (Å²) < 4.78 is 12.2. The first-order valence-electron chi connectivity index (χ1n) is 10.6. The maximum atomic E-state index is 13.6. The molecule has 0 unspecified atom stereocenters. The van der Waals surface area contributed by atoms with Crippen molar-refractivity contribution in [2.24, 2.45) is 4.99 Å². The van der Waals surface area contributed by atoms with E-state index >= 15 is 0 Å². The van der Waals surface area contributed by atoms with Gasteiger partial charge in [-0.2, -0.15) is 5.26 Å². The maximum Gasteiger partial charge on any atom is 0.338 e. The number of carbonyl (C=O) groups excluding carboxylic acids is 1. The van der Waals surface area contributed by atoms with Crippen LogP contribution in [0.15, 0.2) is 63.5 Å². The molecule has 0 amide bonds. The van der Waals surface area contributed by atoms with Crippen LogP contribution in [-0.2, 0) is 9.53 Å². The summed E-state index contributed by atoms with van der Waals surface area (Å²) in [6, 6.07) is 13.7. The lowest BCUT2D eigenvalue weighted by molar-refractivity contribution is -0.136. The number of rotatable bonds is 6. The van der Waals surface area contributed by atoms with Crippen LogP contribution in [0.2, 0.25) is 10.0 Å². The van der Waals surface area contributed by atoms with Crippen LogP contribution in [0.5, 0.6) is 5.75 Å². The summed E-state index contributed by atoms with van der Waals surface area (Å²) in [5.74, 6) is -0.326. The Labute approximate surface area is 214 Å². The minimum absolute atomic E-state index is 0.195. The molecule has 0 aliphatic carbocycles. The molecule has 1 aromatic heterocycles. The van der Waals surface area contributed by atoms with E-state index < -0.39 is 12.0 Å². The molecule has 0 saturated heterocycles. The number of fused-ring (bicyclic) bond motifs is 1. The van der Waals surface area contributed by atoms with Crippen molar-refractivity contribution in [3.8, 4) is 11.8 Å². The van der Waals surface area contributed by atoms with E-state index in [0.717, 1.165) is 5.56 Å². The van der Waals surface area contributed by atoms with Gasteiger partial charge in [-0.15, -0.1) is 0 Å². The van der Waals surface area contributed by atoms with Gasteiger partial charge in [0.15, 0.2) is 17.2 Å². The molecule has 0 saturated carbocycles. The SMILES string of the molecule is CCC1=C(C(=O)OC)[C@@H](c2ccccc2)n2c(s/c(=C\c3cc(Cl)c(OCC#N)c(Cl)c3)c2=O)=N1. The van der Waals surface area contributed by atoms with E-state index in [0.29, 0.717) is 32.6 Å². The Balaban J connectivity index is 1.92. The number of hydrogen-bond acceptors (Lipinski definition) is 7. The van der Waals surface area contributed by atoms with Crippen LogP contribution in [0.4, 0.5) is 0 Å². The Morgan fingerprint density at radius 2 is 1.94 bits per heavy atom. The van der Waals surface area contributed by atoms with Gasteiger partial charge in [0, 0.05) is 0 Å². The minimum atomic E-state index is -0.675. The number of aromatic nitrogens is 1. The van der Waals surface area contributed by atoms with E-state index in [9.17, 15) is 9.59 Å². The largest absolute Gasteiger partial charge is 0.476 e. The predicted molar refractivity (Wildman–Crippen MR) is 134 cm³/mol. The van der Waals surface area contributed by atoms with Gasteiger partial charge in [0.1, 0.15) is 6.07 Å². The van der Waals surface area contributed by atoms with Crippen molar-refractivity contribution in [1.82, 2.24) is 4.57 Å². The molecule has 7 nitrogen and oxygen atoms in total. The second-order valence-corrected chi connectivity index (χ2v) is 9.28. The predicted octanol–water partition coefficient (Wildman–Crippen LogP) is 4.01. The fourth-order valence-corrected chi connectivity index (χ4v) is 5.50. The highest BCUT2D eigenvalue weighted by atomic mass is 35.5. The topological polar surface area (TPSA) is 93.7 Å². The van der Waals surface area contributed by atoms with Gasteiger partial charge in [0.05, 0.1) is 39.0 Å². The van der Waals surface area contributed by atoms with E-state index in [1.165, 1.54) is 23.0 Å². The molecule has 1 aliphatic rings. The highest BCUT2D eigenvalue weighted by Crippen LogP contribution is 2.35. The molecule has 178 valence electrons. The third-order valence-electron chi connectivity index (χ3n) is 5.36. The van der Waals surface area contributed by atoms with Crippen molar-refractivity contribution in [3.63, 3.8) is 0 Å². The monoisotopic (exact) mass is 527 g/mol. The van der Waals surface area contributed by atoms with Gasteiger partial charge >= 0.3 is 5.97 Å². The molecule has 10 heteroatoms. The molecular formula is C25H19Cl2N3O4S. The number of benzene rings is 2.